The van der Waals surface area contributed by atoms with Gasteiger partial charge in [0.1, 0.15) is 6.07 Å². The molecule has 0 aliphatic rings. The number of aromatic nitrogens is 2. The van der Waals surface area contributed by atoms with E-state index in [1.807, 2.05) is 6.07 Å². The van der Waals surface area contributed by atoms with Gasteiger partial charge >= 0.3 is 0 Å². The third-order valence-electron chi connectivity index (χ3n) is 1.40. The zero-order chi connectivity index (χ0) is 9.52. The Morgan fingerprint density at radius 2 is 2.31 bits per heavy atom. The van der Waals surface area contributed by atoms with Gasteiger partial charge in [-0.3, -0.25) is 0 Å². The predicted molar refractivity (Wildman–Crippen MR) is 47.1 cm³/mol. The van der Waals surface area contributed by atoms with Gasteiger partial charge in [-0.25, -0.2) is 9.97 Å². The molecule has 0 aliphatic carbocycles. The summed E-state index contributed by atoms with van der Waals surface area (Å²) in [5, 5.41) is 11.6. The van der Waals surface area contributed by atoms with Crippen LogP contribution < -0.4 is 5.32 Å². The fourth-order valence-electron chi connectivity index (χ4n) is 0.821. The van der Waals surface area contributed by atoms with Crippen molar-refractivity contribution in [3.63, 3.8) is 0 Å². The number of nitrogens with zero attached hydrogens (tertiary/aromatic N) is 3. The number of hydrogen-bond acceptors (Lipinski definition) is 5. The van der Waals surface area contributed by atoms with Crippen LogP contribution in [0.4, 0.5) is 5.82 Å². The molecule has 0 radical (unpaired) electrons. The molecule has 5 heteroatoms. The van der Waals surface area contributed by atoms with E-state index in [4.69, 9.17) is 10.00 Å². The minimum absolute atomic E-state index is 0.304. The molecule has 0 aliphatic heterocycles. The molecule has 1 heterocycles. The zero-order valence-corrected chi connectivity index (χ0v) is 7.32. The van der Waals surface area contributed by atoms with Gasteiger partial charge in [-0.15, -0.1) is 0 Å². The van der Waals surface area contributed by atoms with Crippen molar-refractivity contribution in [3.8, 4) is 6.07 Å². The number of nitriles is 1. The van der Waals surface area contributed by atoms with Crippen LogP contribution in [-0.4, -0.2) is 30.2 Å². The SMILES string of the molecule is COCCNc1nccnc1C#N. The molecular formula is C8H10N4O. The van der Waals surface area contributed by atoms with Gasteiger partial charge in [0.05, 0.1) is 6.61 Å². The number of anilines is 1. The van der Waals surface area contributed by atoms with E-state index in [1.54, 1.807) is 7.11 Å². The van der Waals surface area contributed by atoms with E-state index in [9.17, 15) is 0 Å². The topological polar surface area (TPSA) is 70.8 Å². The fourth-order valence-corrected chi connectivity index (χ4v) is 0.821. The Hall–Kier alpha value is -1.67. The van der Waals surface area contributed by atoms with E-state index in [0.717, 1.165) is 0 Å². The van der Waals surface area contributed by atoms with Gasteiger partial charge in [0.25, 0.3) is 0 Å². The Morgan fingerprint density at radius 1 is 1.54 bits per heavy atom. The minimum atomic E-state index is 0.304. The number of rotatable bonds is 4. The smallest absolute Gasteiger partial charge is 0.182 e. The van der Waals surface area contributed by atoms with E-state index < -0.39 is 0 Å². The summed E-state index contributed by atoms with van der Waals surface area (Å²) in [6.07, 6.45) is 3.02. The first-order chi connectivity index (χ1) is 6.38. The van der Waals surface area contributed by atoms with Crippen LogP contribution in [0.3, 0.4) is 0 Å². The molecule has 1 N–H and O–H groups in total. The second kappa shape index (κ2) is 5.06. The summed E-state index contributed by atoms with van der Waals surface area (Å²) in [6, 6.07) is 1.95. The lowest BCUT2D eigenvalue weighted by atomic mass is 10.4. The standard InChI is InChI=1S/C8H10N4O/c1-13-5-4-12-8-7(6-9)10-2-3-11-8/h2-3H,4-5H2,1H3,(H,11,12). The van der Waals surface area contributed by atoms with E-state index in [0.29, 0.717) is 24.7 Å². The van der Waals surface area contributed by atoms with Crippen LogP contribution >= 0.6 is 0 Å². The lowest BCUT2D eigenvalue weighted by Gasteiger charge is -2.04. The molecule has 68 valence electrons. The number of nitrogens with one attached hydrogen (secondary N) is 1. The summed E-state index contributed by atoms with van der Waals surface area (Å²) in [7, 11) is 1.61. The van der Waals surface area contributed by atoms with Crippen LogP contribution in [0.1, 0.15) is 5.69 Å². The highest BCUT2D eigenvalue weighted by molar-refractivity contribution is 5.46. The molecule has 1 rings (SSSR count). The largest absolute Gasteiger partial charge is 0.383 e. The van der Waals surface area contributed by atoms with E-state index in [1.165, 1.54) is 12.4 Å². The van der Waals surface area contributed by atoms with E-state index in [2.05, 4.69) is 15.3 Å². The summed E-state index contributed by atoms with van der Waals surface area (Å²) in [5.74, 6) is 0.502. The Kier molecular flexibility index (Phi) is 3.67. The third-order valence-corrected chi connectivity index (χ3v) is 1.40. The minimum Gasteiger partial charge on any atom is -0.383 e. The number of hydrogen-bond donors (Lipinski definition) is 1. The first-order valence-corrected chi connectivity index (χ1v) is 3.82. The second-order valence-corrected chi connectivity index (χ2v) is 2.28. The molecule has 1 aromatic rings. The van der Waals surface area contributed by atoms with Crippen molar-refractivity contribution in [3.05, 3.63) is 18.1 Å². The first kappa shape index (κ1) is 9.42. The van der Waals surface area contributed by atoms with Gasteiger partial charge < -0.3 is 10.1 Å². The molecule has 0 saturated carbocycles. The quantitative estimate of drug-likeness (QED) is 0.676. The highest BCUT2D eigenvalue weighted by Crippen LogP contribution is 2.04. The average Bonchev–Trinajstić information content (AvgIpc) is 2.19. The highest BCUT2D eigenvalue weighted by Gasteiger charge is 2.01. The second-order valence-electron chi connectivity index (χ2n) is 2.28. The maximum absolute atomic E-state index is 8.65. The normalized spacial score (nSPS) is 9.23. The van der Waals surface area contributed by atoms with Crippen molar-refractivity contribution in [2.24, 2.45) is 0 Å². The molecule has 1 aromatic heterocycles. The molecule has 0 unspecified atom stereocenters. The molecule has 0 bridgehead atoms. The number of methoxy groups -OCH3 is 1. The Morgan fingerprint density at radius 3 is 3.00 bits per heavy atom. The summed E-state index contributed by atoms with van der Waals surface area (Å²) in [5.41, 5.74) is 0.304. The highest BCUT2D eigenvalue weighted by atomic mass is 16.5. The zero-order valence-electron chi connectivity index (χ0n) is 7.32. The van der Waals surface area contributed by atoms with Gasteiger partial charge in [0.15, 0.2) is 11.5 Å². The summed E-state index contributed by atoms with van der Waals surface area (Å²) in [4.78, 5) is 7.82. The first-order valence-electron chi connectivity index (χ1n) is 3.82. The molecule has 0 aromatic carbocycles. The Bertz CT molecular complexity index is 307. The molecule has 0 saturated heterocycles. The van der Waals surface area contributed by atoms with E-state index >= 15 is 0 Å². The van der Waals surface area contributed by atoms with Crippen LogP contribution in [0.5, 0.6) is 0 Å². The molecular weight excluding hydrogens is 168 g/mol. The molecule has 0 fully saturated rings. The number of ether oxygens (including phenoxy) is 1. The van der Waals surface area contributed by atoms with Crippen molar-refractivity contribution >= 4 is 5.82 Å². The molecule has 5 nitrogen and oxygen atoms in total. The lowest BCUT2D eigenvalue weighted by molar-refractivity contribution is 0.210. The van der Waals surface area contributed by atoms with Crippen molar-refractivity contribution in [1.29, 1.82) is 5.26 Å². The van der Waals surface area contributed by atoms with Crippen molar-refractivity contribution in [2.75, 3.05) is 25.6 Å². The Balaban J connectivity index is 2.60. The van der Waals surface area contributed by atoms with E-state index in [-0.39, 0.29) is 0 Å². The molecule has 0 spiro atoms. The molecule has 0 amide bonds. The van der Waals surface area contributed by atoms with Gasteiger partial charge in [-0.2, -0.15) is 5.26 Å². The van der Waals surface area contributed by atoms with Gasteiger partial charge in [0, 0.05) is 26.0 Å². The van der Waals surface area contributed by atoms with Crippen LogP contribution in [0.2, 0.25) is 0 Å². The fraction of sp³-hybridized carbons (Fsp3) is 0.375. The van der Waals surface area contributed by atoms with Crippen LogP contribution in [0.25, 0.3) is 0 Å². The average molecular weight is 178 g/mol. The van der Waals surface area contributed by atoms with Crippen LogP contribution in [0, 0.1) is 11.3 Å². The Labute approximate surface area is 76.4 Å². The van der Waals surface area contributed by atoms with Gasteiger partial charge in [-0.05, 0) is 0 Å². The summed E-state index contributed by atoms with van der Waals surface area (Å²) >= 11 is 0. The predicted octanol–water partition coefficient (Wildman–Crippen LogP) is 0.407. The van der Waals surface area contributed by atoms with Crippen molar-refractivity contribution < 1.29 is 4.74 Å². The molecule has 0 atom stereocenters. The lowest BCUT2D eigenvalue weighted by Crippen LogP contribution is -2.10. The van der Waals surface area contributed by atoms with Crippen molar-refractivity contribution in [2.45, 2.75) is 0 Å². The van der Waals surface area contributed by atoms with Crippen molar-refractivity contribution in [1.82, 2.24) is 9.97 Å². The van der Waals surface area contributed by atoms with Gasteiger partial charge in [0.2, 0.25) is 0 Å². The maximum atomic E-state index is 8.65. The third kappa shape index (κ3) is 2.69. The monoisotopic (exact) mass is 178 g/mol. The van der Waals surface area contributed by atoms with Crippen LogP contribution in [-0.2, 0) is 4.74 Å². The van der Waals surface area contributed by atoms with Gasteiger partial charge in [-0.1, -0.05) is 0 Å². The summed E-state index contributed by atoms with van der Waals surface area (Å²) < 4.78 is 4.84. The summed E-state index contributed by atoms with van der Waals surface area (Å²) in [6.45, 7) is 1.19. The maximum Gasteiger partial charge on any atom is 0.182 e. The van der Waals surface area contributed by atoms with Crippen LogP contribution in [0.15, 0.2) is 12.4 Å². The molecule has 13 heavy (non-hydrogen) atoms.